The number of nitrogens with zero attached hydrogens (tertiary/aromatic N) is 1. The molecule has 0 bridgehead atoms. The Morgan fingerprint density at radius 1 is 1.03 bits per heavy atom. The molecule has 0 radical (unpaired) electrons. The van der Waals surface area contributed by atoms with Crippen LogP contribution in [0.4, 0.5) is 26.3 Å². The molecule has 0 spiro atoms. The molecule has 3 aromatic carbocycles. The molecule has 0 aliphatic carbocycles. The zero-order valence-corrected chi connectivity index (χ0v) is 19.8. The summed E-state index contributed by atoms with van der Waals surface area (Å²) < 4.78 is 88.5. The van der Waals surface area contributed by atoms with E-state index in [1.165, 1.54) is 36.3 Å². The molecule has 11 heteroatoms. The summed E-state index contributed by atoms with van der Waals surface area (Å²) in [7, 11) is 1.54. The highest BCUT2D eigenvalue weighted by atomic mass is 19.4. The van der Waals surface area contributed by atoms with Crippen LogP contribution in [0.15, 0.2) is 60.7 Å². The molecule has 1 amide bonds. The van der Waals surface area contributed by atoms with Crippen LogP contribution in [0.25, 0.3) is 10.9 Å². The van der Waals surface area contributed by atoms with Crippen molar-refractivity contribution in [3.63, 3.8) is 0 Å². The fourth-order valence-corrected chi connectivity index (χ4v) is 4.84. The third-order valence-electron chi connectivity index (χ3n) is 6.54. The summed E-state index contributed by atoms with van der Waals surface area (Å²) in [5, 5.41) is 0.870. The highest BCUT2D eigenvalue weighted by Crippen LogP contribution is 2.41. The van der Waals surface area contributed by atoms with Gasteiger partial charge in [-0.05, 0) is 66.1 Å². The summed E-state index contributed by atoms with van der Waals surface area (Å²) in [6.07, 6.45) is -4.50. The lowest BCUT2D eigenvalue weighted by molar-refractivity contribution is -0.140. The number of alkyl halides is 5. The van der Waals surface area contributed by atoms with E-state index in [9.17, 15) is 31.1 Å². The van der Waals surface area contributed by atoms with Crippen LogP contribution >= 0.6 is 0 Å². The van der Waals surface area contributed by atoms with Gasteiger partial charge in [-0.3, -0.25) is 4.79 Å². The molecule has 4 aromatic rings. The van der Waals surface area contributed by atoms with Gasteiger partial charge in [-0.1, -0.05) is 12.1 Å². The fourth-order valence-electron chi connectivity index (χ4n) is 4.84. The molecule has 0 fully saturated rings. The van der Waals surface area contributed by atoms with Gasteiger partial charge in [0, 0.05) is 28.7 Å². The van der Waals surface area contributed by atoms with Crippen molar-refractivity contribution in [1.29, 1.82) is 0 Å². The smallest absolute Gasteiger partial charge is 0.419 e. The summed E-state index contributed by atoms with van der Waals surface area (Å²) in [6.45, 7) is -2.85. The van der Waals surface area contributed by atoms with Crippen LogP contribution in [0.3, 0.4) is 0 Å². The van der Waals surface area contributed by atoms with Crippen molar-refractivity contribution in [2.45, 2.75) is 25.3 Å². The van der Waals surface area contributed by atoms with Crippen molar-refractivity contribution in [2.24, 2.45) is 0 Å². The molecule has 1 N–H and O–H groups in total. The van der Waals surface area contributed by atoms with Gasteiger partial charge in [-0.15, -0.1) is 0 Å². The number of aromatic nitrogens is 1. The van der Waals surface area contributed by atoms with E-state index in [-0.39, 0.29) is 17.9 Å². The van der Waals surface area contributed by atoms with Crippen LogP contribution in [-0.2, 0) is 12.6 Å². The zero-order valence-electron chi connectivity index (χ0n) is 19.8. The second-order valence-corrected chi connectivity index (χ2v) is 8.72. The van der Waals surface area contributed by atoms with Crippen molar-refractivity contribution in [3.8, 4) is 11.5 Å². The quantitative estimate of drug-likeness (QED) is 0.289. The minimum Gasteiger partial charge on any atom is -0.497 e. The molecule has 0 unspecified atom stereocenters. The lowest BCUT2D eigenvalue weighted by Crippen LogP contribution is -2.40. The molecular formula is C27H20F6N2O3. The molecule has 2 heterocycles. The van der Waals surface area contributed by atoms with Crippen molar-refractivity contribution < 1.29 is 40.6 Å². The Labute approximate surface area is 212 Å². The number of benzene rings is 3. The van der Waals surface area contributed by atoms with Crippen molar-refractivity contribution in [2.75, 3.05) is 13.7 Å². The first-order valence-electron chi connectivity index (χ1n) is 11.5. The van der Waals surface area contributed by atoms with E-state index in [2.05, 4.69) is 9.72 Å². The Balaban J connectivity index is 1.60. The highest BCUT2D eigenvalue weighted by Gasteiger charge is 2.37. The van der Waals surface area contributed by atoms with E-state index in [0.29, 0.717) is 35.6 Å². The first-order chi connectivity index (χ1) is 18.1. The van der Waals surface area contributed by atoms with Crippen LogP contribution in [0, 0.1) is 5.82 Å². The van der Waals surface area contributed by atoms with E-state index >= 15 is 0 Å². The Bertz CT molecular complexity index is 1500. The predicted octanol–water partition coefficient (Wildman–Crippen LogP) is 6.72. The molecule has 0 saturated carbocycles. The molecule has 0 saturated heterocycles. The number of methoxy groups -OCH3 is 1. The third kappa shape index (κ3) is 4.64. The van der Waals surface area contributed by atoms with E-state index in [0.717, 1.165) is 22.5 Å². The number of aromatic amines is 1. The maximum absolute atomic E-state index is 14.3. The van der Waals surface area contributed by atoms with E-state index < -0.39 is 36.1 Å². The number of rotatable bonds is 5. The van der Waals surface area contributed by atoms with Gasteiger partial charge in [0.25, 0.3) is 5.91 Å². The molecule has 5 nitrogen and oxygen atoms in total. The third-order valence-corrected chi connectivity index (χ3v) is 6.54. The monoisotopic (exact) mass is 534 g/mol. The average molecular weight is 534 g/mol. The molecular weight excluding hydrogens is 514 g/mol. The Kier molecular flexibility index (Phi) is 6.46. The highest BCUT2D eigenvalue weighted by molar-refractivity contribution is 5.96. The van der Waals surface area contributed by atoms with Crippen LogP contribution in [0.1, 0.15) is 38.8 Å². The molecule has 1 aliphatic rings. The number of hydrogen-bond acceptors (Lipinski definition) is 3. The number of carbonyl (C=O) groups is 1. The average Bonchev–Trinajstić information content (AvgIpc) is 3.25. The molecule has 1 aromatic heterocycles. The Hall–Kier alpha value is -4.15. The number of hydrogen-bond donors (Lipinski definition) is 1. The maximum Gasteiger partial charge on any atom is 0.419 e. The standard InChI is InChI=1S/C27H20F6N2O3/c1-37-17-7-9-22-19(13-17)18-10-11-35(25(36)15-4-8-20(21(28)12-15)27(31,32)33)24(23(18)34-22)14-2-5-16(6-3-14)38-26(29)30/h2-9,12-13,24,26,34H,10-11H2,1H3/t24-/m0/s1. The number of fused-ring (bicyclic) bond motifs is 3. The van der Waals surface area contributed by atoms with Crippen LogP contribution in [-0.4, -0.2) is 36.1 Å². The lowest BCUT2D eigenvalue weighted by Gasteiger charge is -2.36. The van der Waals surface area contributed by atoms with E-state index in [1.807, 2.05) is 12.1 Å². The summed E-state index contributed by atoms with van der Waals surface area (Å²) in [5.41, 5.74) is 1.13. The number of amides is 1. The van der Waals surface area contributed by atoms with Gasteiger partial charge in [0.1, 0.15) is 17.3 Å². The first kappa shape index (κ1) is 25.5. The van der Waals surface area contributed by atoms with E-state index in [4.69, 9.17) is 4.74 Å². The van der Waals surface area contributed by atoms with Crippen molar-refractivity contribution in [1.82, 2.24) is 9.88 Å². The predicted molar refractivity (Wildman–Crippen MR) is 126 cm³/mol. The van der Waals surface area contributed by atoms with Gasteiger partial charge in [0.2, 0.25) is 0 Å². The molecule has 198 valence electrons. The summed E-state index contributed by atoms with van der Waals surface area (Å²) >= 11 is 0. The minimum absolute atomic E-state index is 0.0798. The fraction of sp³-hybridized carbons (Fsp3) is 0.222. The second-order valence-electron chi connectivity index (χ2n) is 8.72. The molecule has 1 aliphatic heterocycles. The Morgan fingerprint density at radius 2 is 1.74 bits per heavy atom. The van der Waals surface area contributed by atoms with Crippen molar-refractivity contribution in [3.05, 3.63) is 94.4 Å². The number of ether oxygens (including phenoxy) is 2. The SMILES string of the molecule is COc1ccc2[nH]c3c(c2c1)CCN(C(=O)c1ccc(C(F)(F)F)c(F)c1)[C@H]3c1ccc(OC(F)F)cc1. The normalized spacial score (nSPS) is 15.6. The van der Waals surface area contributed by atoms with Crippen LogP contribution in [0.5, 0.6) is 11.5 Å². The largest absolute Gasteiger partial charge is 0.497 e. The van der Waals surface area contributed by atoms with Gasteiger partial charge >= 0.3 is 12.8 Å². The van der Waals surface area contributed by atoms with Gasteiger partial charge in [-0.25, -0.2) is 4.39 Å². The topological polar surface area (TPSA) is 54.6 Å². The molecule has 38 heavy (non-hydrogen) atoms. The van der Waals surface area contributed by atoms with Gasteiger partial charge in [-0.2, -0.15) is 22.0 Å². The number of H-pyrrole nitrogens is 1. The van der Waals surface area contributed by atoms with Gasteiger partial charge in [0.15, 0.2) is 0 Å². The lowest BCUT2D eigenvalue weighted by atomic mass is 9.91. The summed E-state index contributed by atoms with van der Waals surface area (Å²) in [5.74, 6) is -1.69. The maximum atomic E-state index is 14.3. The second kappa shape index (κ2) is 9.62. The summed E-state index contributed by atoms with van der Waals surface area (Å²) in [4.78, 5) is 18.3. The number of nitrogens with one attached hydrogen (secondary N) is 1. The minimum atomic E-state index is -4.90. The first-order valence-corrected chi connectivity index (χ1v) is 11.5. The number of carbonyl (C=O) groups excluding carboxylic acids is 1. The Morgan fingerprint density at radius 3 is 2.37 bits per heavy atom. The van der Waals surface area contributed by atoms with Crippen molar-refractivity contribution >= 4 is 16.8 Å². The van der Waals surface area contributed by atoms with Gasteiger partial charge < -0.3 is 19.4 Å². The zero-order chi connectivity index (χ0) is 27.2. The molecule has 1 atom stereocenters. The van der Waals surface area contributed by atoms with Gasteiger partial charge in [0.05, 0.1) is 18.7 Å². The number of halogens is 6. The van der Waals surface area contributed by atoms with E-state index in [1.54, 1.807) is 6.07 Å². The summed E-state index contributed by atoms with van der Waals surface area (Å²) in [6, 6.07) is 12.4. The van der Waals surface area contributed by atoms with Crippen LogP contribution in [0.2, 0.25) is 0 Å². The molecule has 5 rings (SSSR count). The van der Waals surface area contributed by atoms with Crippen LogP contribution < -0.4 is 9.47 Å².